The zero-order valence-corrected chi connectivity index (χ0v) is 8.61. The Labute approximate surface area is 87.6 Å². The molecule has 1 aromatic heterocycles. The summed E-state index contributed by atoms with van der Waals surface area (Å²) >= 11 is 0. The number of rotatable bonds is 2. The molecule has 0 fully saturated rings. The zero-order valence-electron chi connectivity index (χ0n) is 7.79. The SMILES string of the molecule is O=S(=O)(O)C1CC=C(c2ccncc2)N1. The molecule has 1 atom stereocenters. The van der Waals surface area contributed by atoms with Gasteiger partial charge in [-0.1, -0.05) is 6.08 Å². The molecular weight excluding hydrogens is 216 g/mol. The van der Waals surface area contributed by atoms with E-state index in [-0.39, 0.29) is 6.42 Å². The van der Waals surface area contributed by atoms with Gasteiger partial charge in [0.15, 0.2) is 5.37 Å². The Morgan fingerprint density at radius 2 is 2.07 bits per heavy atom. The smallest absolute Gasteiger partial charge is 0.286 e. The second kappa shape index (κ2) is 3.63. The fraction of sp³-hybridized carbons (Fsp3) is 0.222. The van der Waals surface area contributed by atoms with Crippen LogP contribution in [0, 0.1) is 0 Å². The van der Waals surface area contributed by atoms with Crippen molar-refractivity contribution >= 4 is 15.8 Å². The Kier molecular flexibility index (Phi) is 2.45. The Bertz CT molecular complexity index is 481. The van der Waals surface area contributed by atoms with Crippen LogP contribution in [-0.2, 0) is 10.1 Å². The Morgan fingerprint density at radius 1 is 1.40 bits per heavy atom. The summed E-state index contributed by atoms with van der Waals surface area (Å²) in [4.78, 5) is 3.86. The highest BCUT2D eigenvalue weighted by Crippen LogP contribution is 2.21. The monoisotopic (exact) mass is 226 g/mol. The van der Waals surface area contributed by atoms with Gasteiger partial charge in [0, 0.05) is 30.1 Å². The van der Waals surface area contributed by atoms with Crippen molar-refractivity contribution in [2.75, 3.05) is 0 Å². The third kappa shape index (κ3) is 2.16. The van der Waals surface area contributed by atoms with E-state index < -0.39 is 15.5 Å². The lowest BCUT2D eigenvalue weighted by Crippen LogP contribution is -2.30. The molecule has 0 aromatic carbocycles. The molecule has 1 unspecified atom stereocenters. The highest BCUT2D eigenvalue weighted by atomic mass is 32.2. The van der Waals surface area contributed by atoms with Gasteiger partial charge in [0.25, 0.3) is 10.1 Å². The first-order chi connectivity index (χ1) is 7.07. The maximum absolute atomic E-state index is 10.9. The number of nitrogens with zero attached hydrogens (tertiary/aromatic N) is 1. The number of nitrogens with one attached hydrogen (secondary N) is 1. The van der Waals surface area contributed by atoms with Gasteiger partial charge < -0.3 is 5.32 Å². The molecule has 0 saturated carbocycles. The quantitative estimate of drug-likeness (QED) is 0.723. The van der Waals surface area contributed by atoms with E-state index in [9.17, 15) is 8.42 Å². The molecule has 2 N–H and O–H groups in total. The first-order valence-corrected chi connectivity index (χ1v) is 5.91. The molecule has 2 heterocycles. The van der Waals surface area contributed by atoms with Crippen LogP contribution in [0.5, 0.6) is 0 Å². The lowest BCUT2D eigenvalue weighted by Gasteiger charge is -2.10. The fourth-order valence-corrected chi connectivity index (χ4v) is 2.06. The molecular formula is C9H10N2O3S. The molecule has 80 valence electrons. The molecule has 6 heteroatoms. The number of aromatic nitrogens is 1. The van der Waals surface area contributed by atoms with E-state index in [1.807, 2.05) is 0 Å². The van der Waals surface area contributed by atoms with Crippen LogP contribution in [0.2, 0.25) is 0 Å². The molecule has 1 aliphatic rings. The van der Waals surface area contributed by atoms with Gasteiger partial charge >= 0.3 is 0 Å². The summed E-state index contributed by atoms with van der Waals surface area (Å²) in [6, 6.07) is 3.54. The topological polar surface area (TPSA) is 79.3 Å². The van der Waals surface area contributed by atoms with Crippen molar-refractivity contribution in [2.24, 2.45) is 0 Å². The summed E-state index contributed by atoms with van der Waals surface area (Å²) in [5.74, 6) is 0. The molecule has 1 aromatic rings. The molecule has 0 bridgehead atoms. The minimum atomic E-state index is -4.02. The van der Waals surface area contributed by atoms with Crippen LogP contribution < -0.4 is 5.32 Å². The van der Waals surface area contributed by atoms with Crippen molar-refractivity contribution in [1.29, 1.82) is 0 Å². The van der Waals surface area contributed by atoms with Crippen LogP contribution in [-0.4, -0.2) is 23.3 Å². The van der Waals surface area contributed by atoms with Crippen LogP contribution in [0.4, 0.5) is 0 Å². The maximum atomic E-state index is 10.9. The minimum absolute atomic E-state index is 0.274. The van der Waals surface area contributed by atoms with E-state index in [4.69, 9.17) is 4.55 Å². The van der Waals surface area contributed by atoms with Crippen molar-refractivity contribution < 1.29 is 13.0 Å². The fourth-order valence-electron chi connectivity index (χ4n) is 1.44. The highest BCUT2D eigenvalue weighted by molar-refractivity contribution is 7.86. The van der Waals surface area contributed by atoms with Crippen LogP contribution in [0.1, 0.15) is 12.0 Å². The predicted octanol–water partition coefficient (Wildman–Crippen LogP) is 0.630. The summed E-state index contributed by atoms with van der Waals surface area (Å²) in [5.41, 5.74) is 1.57. The van der Waals surface area contributed by atoms with Crippen LogP contribution in [0.15, 0.2) is 30.6 Å². The molecule has 0 radical (unpaired) electrons. The van der Waals surface area contributed by atoms with Gasteiger partial charge in [-0.15, -0.1) is 0 Å². The number of pyridine rings is 1. The Balaban J connectivity index is 2.18. The van der Waals surface area contributed by atoms with Gasteiger partial charge in [0.1, 0.15) is 0 Å². The normalized spacial score (nSPS) is 20.9. The van der Waals surface area contributed by atoms with Crippen LogP contribution in [0.3, 0.4) is 0 Å². The standard InChI is InChI=1S/C9H10N2O3S/c12-15(13,14)9-2-1-8(11-9)7-3-5-10-6-4-7/h1,3-6,9,11H,2H2,(H,12,13,14). The average molecular weight is 226 g/mol. The molecule has 0 saturated heterocycles. The van der Waals surface area contributed by atoms with Crippen molar-refractivity contribution in [3.63, 3.8) is 0 Å². The second-order valence-corrected chi connectivity index (χ2v) is 4.84. The summed E-state index contributed by atoms with van der Waals surface area (Å²) in [6.07, 6.45) is 5.27. The van der Waals surface area contributed by atoms with Gasteiger partial charge in [-0.3, -0.25) is 9.54 Å². The van der Waals surface area contributed by atoms with E-state index in [1.165, 1.54) is 0 Å². The lowest BCUT2D eigenvalue weighted by molar-refractivity contribution is 0.464. The molecule has 5 nitrogen and oxygen atoms in total. The van der Waals surface area contributed by atoms with Crippen molar-refractivity contribution in [1.82, 2.24) is 10.3 Å². The predicted molar refractivity (Wildman–Crippen MR) is 55.3 cm³/mol. The first kappa shape index (κ1) is 10.1. The molecule has 0 spiro atoms. The van der Waals surface area contributed by atoms with Crippen molar-refractivity contribution in [2.45, 2.75) is 11.8 Å². The van der Waals surface area contributed by atoms with Crippen molar-refractivity contribution in [3.8, 4) is 0 Å². The molecule has 15 heavy (non-hydrogen) atoms. The highest BCUT2D eigenvalue weighted by Gasteiger charge is 2.27. The third-order valence-electron chi connectivity index (χ3n) is 2.20. The minimum Gasteiger partial charge on any atom is -0.367 e. The third-order valence-corrected chi connectivity index (χ3v) is 3.23. The van der Waals surface area contributed by atoms with Gasteiger partial charge in [-0.05, 0) is 12.1 Å². The van der Waals surface area contributed by atoms with E-state index in [0.717, 1.165) is 5.56 Å². The van der Waals surface area contributed by atoms with Gasteiger partial charge in [-0.2, -0.15) is 8.42 Å². The van der Waals surface area contributed by atoms with Crippen LogP contribution >= 0.6 is 0 Å². The lowest BCUT2D eigenvalue weighted by atomic mass is 10.2. The first-order valence-electron chi connectivity index (χ1n) is 4.41. The zero-order chi connectivity index (χ0) is 10.9. The number of hydrogen-bond donors (Lipinski definition) is 2. The Morgan fingerprint density at radius 3 is 2.60 bits per heavy atom. The van der Waals surface area contributed by atoms with Crippen LogP contribution in [0.25, 0.3) is 5.70 Å². The number of hydrogen-bond acceptors (Lipinski definition) is 4. The average Bonchev–Trinajstić information content (AvgIpc) is 2.67. The summed E-state index contributed by atoms with van der Waals surface area (Å²) in [7, 11) is -4.02. The van der Waals surface area contributed by atoms with Gasteiger partial charge in [0.2, 0.25) is 0 Å². The van der Waals surface area contributed by atoms with Crippen molar-refractivity contribution in [3.05, 3.63) is 36.2 Å². The molecule has 2 rings (SSSR count). The second-order valence-electron chi connectivity index (χ2n) is 3.24. The maximum Gasteiger partial charge on any atom is 0.286 e. The van der Waals surface area contributed by atoms with E-state index in [1.54, 1.807) is 30.6 Å². The van der Waals surface area contributed by atoms with E-state index in [0.29, 0.717) is 5.70 Å². The largest absolute Gasteiger partial charge is 0.367 e. The van der Waals surface area contributed by atoms with Gasteiger partial charge in [-0.25, -0.2) is 0 Å². The Hall–Kier alpha value is -1.40. The van der Waals surface area contributed by atoms with Gasteiger partial charge in [0.05, 0.1) is 0 Å². The van der Waals surface area contributed by atoms with E-state index >= 15 is 0 Å². The molecule has 1 aliphatic heterocycles. The molecule has 0 amide bonds. The summed E-state index contributed by atoms with van der Waals surface area (Å²) < 4.78 is 30.6. The van der Waals surface area contributed by atoms with E-state index in [2.05, 4.69) is 10.3 Å². The molecule has 0 aliphatic carbocycles. The summed E-state index contributed by atoms with van der Waals surface area (Å²) in [6.45, 7) is 0. The summed E-state index contributed by atoms with van der Waals surface area (Å²) in [5, 5.41) is 1.81.